The number of rotatable bonds is 5. The lowest BCUT2D eigenvalue weighted by Gasteiger charge is -2.10. The molecule has 0 aliphatic heterocycles. The van der Waals surface area contributed by atoms with Crippen molar-refractivity contribution in [1.29, 1.82) is 0 Å². The zero-order valence-corrected chi connectivity index (χ0v) is 15.9. The van der Waals surface area contributed by atoms with Gasteiger partial charge < -0.3 is 15.8 Å². The first-order chi connectivity index (χ1) is 13.4. The molecule has 2 aromatic heterocycles. The molecule has 2 heterocycles. The standard InChI is InChI=1S/C19H22N6O3/c1-4-28-19(27)21-14-10-11-15(23-17(14)20)22-16-12(2)24(3)25(18(16)26)13-8-6-5-7-9-13/h5-11H,4H2,1-3H3,(H,21,27)(H3,20,22,23). The highest BCUT2D eigenvalue weighted by Crippen LogP contribution is 2.22. The first-order valence-corrected chi connectivity index (χ1v) is 8.73. The van der Waals surface area contributed by atoms with Gasteiger partial charge in [0.15, 0.2) is 0 Å². The smallest absolute Gasteiger partial charge is 0.411 e. The van der Waals surface area contributed by atoms with Crippen LogP contribution in [0.5, 0.6) is 0 Å². The zero-order valence-electron chi connectivity index (χ0n) is 15.9. The van der Waals surface area contributed by atoms with E-state index in [0.29, 0.717) is 17.2 Å². The van der Waals surface area contributed by atoms with Gasteiger partial charge in [0.2, 0.25) is 0 Å². The molecular formula is C19H22N6O3. The molecule has 1 amide bonds. The number of carbonyl (C=O) groups excluding carboxylic acids is 1. The Balaban J connectivity index is 1.90. The Bertz CT molecular complexity index is 1060. The number of hydrogen-bond acceptors (Lipinski definition) is 6. The number of amides is 1. The number of aromatic nitrogens is 3. The average Bonchev–Trinajstić information content (AvgIpc) is 2.88. The summed E-state index contributed by atoms with van der Waals surface area (Å²) in [6.07, 6.45) is -0.610. The first-order valence-electron chi connectivity index (χ1n) is 8.73. The summed E-state index contributed by atoms with van der Waals surface area (Å²) < 4.78 is 8.15. The number of benzene rings is 1. The van der Waals surface area contributed by atoms with Crippen LogP contribution in [0.1, 0.15) is 12.6 Å². The highest BCUT2D eigenvalue weighted by Gasteiger charge is 2.17. The van der Waals surface area contributed by atoms with Gasteiger partial charge in [-0.1, -0.05) is 18.2 Å². The number of nitrogen functional groups attached to an aromatic ring is 1. The third-order valence-electron chi connectivity index (χ3n) is 4.24. The molecule has 3 aromatic rings. The molecule has 9 nitrogen and oxygen atoms in total. The van der Waals surface area contributed by atoms with Gasteiger partial charge in [-0.05, 0) is 38.1 Å². The normalized spacial score (nSPS) is 10.5. The summed E-state index contributed by atoms with van der Waals surface area (Å²) in [6, 6.07) is 12.6. The van der Waals surface area contributed by atoms with Crippen molar-refractivity contribution in [2.75, 3.05) is 23.0 Å². The van der Waals surface area contributed by atoms with Crippen molar-refractivity contribution < 1.29 is 9.53 Å². The number of hydrogen-bond donors (Lipinski definition) is 3. The predicted octanol–water partition coefficient (Wildman–Crippen LogP) is 2.77. The zero-order chi connectivity index (χ0) is 20.3. The lowest BCUT2D eigenvalue weighted by Crippen LogP contribution is -2.20. The topological polar surface area (TPSA) is 116 Å². The molecule has 0 aliphatic carbocycles. The van der Waals surface area contributed by atoms with Crippen molar-refractivity contribution in [2.45, 2.75) is 13.8 Å². The Morgan fingerprint density at radius 1 is 1.21 bits per heavy atom. The highest BCUT2D eigenvalue weighted by molar-refractivity contribution is 5.88. The molecule has 0 saturated carbocycles. The maximum absolute atomic E-state index is 12.9. The molecule has 3 rings (SSSR count). The van der Waals surface area contributed by atoms with Crippen LogP contribution < -0.4 is 21.9 Å². The Morgan fingerprint density at radius 3 is 2.57 bits per heavy atom. The number of pyridine rings is 1. The fourth-order valence-corrected chi connectivity index (χ4v) is 2.77. The summed E-state index contributed by atoms with van der Waals surface area (Å²) in [5.74, 6) is 0.493. The van der Waals surface area contributed by atoms with Crippen molar-refractivity contribution >= 4 is 29.1 Å². The summed E-state index contributed by atoms with van der Waals surface area (Å²) in [5.41, 5.74) is 7.92. The number of nitrogens with zero attached hydrogens (tertiary/aromatic N) is 3. The van der Waals surface area contributed by atoms with Crippen LogP contribution in [-0.4, -0.2) is 27.0 Å². The molecule has 0 spiro atoms. The minimum Gasteiger partial charge on any atom is -0.450 e. The van der Waals surface area contributed by atoms with Crippen LogP contribution in [0.2, 0.25) is 0 Å². The van der Waals surface area contributed by atoms with E-state index in [0.717, 1.165) is 11.4 Å². The number of ether oxygens (including phenoxy) is 1. The molecule has 0 aliphatic rings. The van der Waals surface area contributed by atoms with Gasteiger partial charge in [-0.2, -0.15) is 0 Å². The van der Waals surface area contributed by atoms with E-state index < -0.39 is 6.09 Å². The van der Waals surface area contributed by atoms with Gasteiger partial charge in [0.05, 0.1) is 23.7 Å². The van der Waals surface area contributed by atoms with E-state index in [1.54, 1.807) is 28.4 Å². The molecule has 28 heavy (non-hydrogen) atoms. The first kappa shape index (κ1) is 19.0. The molecule has 0 atom stereocenters. The number of para-hydroxylation sites is 1. The van der Waals surface area contributed by atoms with Gasteiger partial charge in [0.25, 0.3) is 5.56 Å². The van der Waals surface area contributed by atoms with E-state index in [1.165, 1.54) is 0 Å². The monoisotopic (exact) mass is 382 g/mol. The van der Waals surface area contributed by atoms with Crippen LogP contribution >= 0.6 is 0 Å². The van der Waals surface area contributed by atoms with Gasteiger partial charge in [-0.3, -0.25) is 14.8 Å². The molecule has 0 bridgehead atoms. The SMILES string of the molecule is CCOC(=O)Nc1ccc(Nc2c(C)n(C)n(-c3ccccc3)c2=O)nc1N. The maximum Gasteiger partial charge on any atom is 0.411 e. The van der Waals surface area contributed by atoms with Crippen LogP contribution in [0.15, 0.2) is 47.3 Å². The third-order valence-corrected chi connectivity index (χ3v) is 4.24. The second-order valence-corrected chi connectivity index (χ2v) is 6.04. The Hall–Kier alpha value is -3.75. The molecule has 146 valence electrons. The largest absolute Gasteiger partial charge is 0.450 e. The van der Waals surface area contributed by atoms with Crippen molar-refractivity contribution in [1.82, 2.24) is 14.3 Å². The van der Waals surface area contributed by atoms with Crippen molar-refractivity contribution in [3.63, 3.8) is 0 Å². The second kappa shape index (κ2) is 7.87. The van der Waals surface area contributed by atoms with Crippen LogP contribution in [0.3, 0.4) is 0 Å². The number of nitrogens with one attached hydrogen (secondary N) is 2. The van der Waals surface area contributed by atoms with Gasteiger partial charge in [0, 0.05) is 7.05 Å². The van der Waals surface area contributed by atoms with Crippen LogP contribution in [0.4, 0.5) is 27.8 Å². The Morgan fingerprint density at radius 2 is 1.93 bits per heavy atom. The lowest BCUT2D eigenvalue weighted by molar-refractivity contribution is 0.168. The van der Waals surface area contributed by atoms with Crippen molar-refractivity contribution in [3.05, 3.63) is 58.5 Å². The van der Waals surface area contributed by atoms with Gasteiger partial charge in [0.1, 0.15) is 17.3 Å². The van der Waals surface area contributed by atoms with E-state index in [9.17, 15) is 9.59 Å². The van der Waals surface area contributed by atoms with Crippen LogP contribution in [0, 0.1) is 6.92 Å². The molecule has 4 N–H and O–H groups in total. The number of nitrogens with two attached hydrogens (primary N) is 1. The summed E-state index contributed by atoms with van der Waals surface area (Å²) in [4.78, 5) is 28.7. The van der Waals surface area contributed by atoms with Crippen LogP contribution in [0.25, 0.3) is 5.69 Å². The average molecular weight is 382 g/mol. The van der Waals surface area contributed by atoms with E-state index >= 15 is 0 Å². The third kappa shape index (κ3) is 3.68. The Labute approximate surface area is 161 Å². The molecule has 0 fully saturated rings. The van der Waals surface area contributed by atoms with Crippen LogP contribution in [-0.2, 0) is 11.8 Å². The number of carbonyl (C=O) groups is 1. The van der Waals surface area contributed by atoms with Crippen molar-refractivity contribution in [2.24, 2.45) is 7.05 Å². The molecule has 0 unspecified atom stereocenters. The van der Waals surface area contributed by atoms with E-state index in [2.05, 4.69) is 15.6 Å². The number of anilines is 4. The lowest BCUT2D eigenvalue weighted by atomic mass is 10.3. The Kier molecular flexibility index (Phi) is 5.35. The van der Waals surface area contributed by atoms with E-state index in [4.69, 9.17) is 10.5 Å². The molecule has 0 radical (unpaired) electrons. The maximum atomic E-state index is 12.9. The quantitative estimate of drug-likeness (QED) is 0.625. The van der Waals surface area contributed by atoms with Gasteiger partial charge in [-0.15, -0.1) is 0 Å². The minimum atomic E-state index is -0.610. The summed E-state index contributed by atoms with van der Waals surface area (Å²) in [5, 5.41) is 5.54. The van der Waals surface area contributed by atoms with E-state index in [-0.39, 0.29) is 18.0 Å². The summed E-state index contributed by atoms with van der Waals surface area (Å²) in [7, 11) is 1.81. The molecular weight excluding hydrogens is 360 g/mol. The predicted molar refractivity (Wildman–Crippen MR) is 108 cm³/mol. The summed E-state index contributed by atoms with van der Waals surface area (Å²) >= 11 is 0. The van der Waals surface area contributed by atoms with Gasteiger partial charge >= 0.3 is 6.09 Å². The van der Waals surface area contributed by atoms with E-state index in [1.807, 2.05) is 44.3 Å². The van der Waals surface area contributed by atoms with Crippen molar-refractivity contribution in [3.8, 4) is 5.69 Å². The minimum absolute atomic E-state index is 0.107. The molecule has 9 heteroatoms. The highest BCUT2D eigenvalue weighted by atomic mass is 16.5. The summed E-state index contributed by atoms with van der Waals surface area (Å²) in [6.45, 7) is 3.79. The molecule has 0 saturated heterocycles. The fourth-order valence-electron chi connectivity index (χ4n) is 2.77. The van der Waals surface area contributed by atoms with Gasteiger partial charge in [-0.25, -0.2) is 14.5 Å². The molecule has 1 aromatic carbocycles. The fraction of sp³-hybridized carbons (Fsp3) is 0.211. The second-order valence-electron chi connectivity index (χ2n) is 6.04.